The van der Waals surface area contributed by atoms with Gasteiger partial charge in [-0.2, -0.15) is 0 Å². The molecule has 3 fully saturated rings. The van der Waals surface area contributed by atoms with Gasteiger partial charge in [-0.15, -0.1) is 0 Å². The summed E-state index contributed by atoms with van der Waals surface area (Å²) in [5.74, 6) is -12.2. The number of ether oxygens (including phenoxy) is 9. The number of carbonyl (C=O) groups is 10. The number of benzene rings is 4. The van der Waals surface area contributed by atoms with Gasteiger partial charge in [-0.05, 0) is 79.4 Å². The molecule has 0 unspecified atom stereocenters. The fourth-order valence-electron chi connectivity index (χ4n) is 12.8. The third-order valence-electron chi connectivity index (χ3n) is 17.3. The largest absolute Gasteiger partial charge is 0.482 e. The summed E-state index contributed by atoms with van der Waals surface area (Å²) in [7, 11) is 0. The van der Waals surface area contributed by atoms with Crippen LogP contribution in [-0.4, -0.2) is 159 Å². The number of nitrogens with one attached hydrogen (secondary N) is 2. The predicted octanol–water partition coefficient (Wildman–Crippen LogP) is 5.61. The van der Waals surface area contributed by atoms with Crippen LogP contribution in [0.1, 0.15) is 89.2 Å². The molecular formula is C67H70N4O21S. The van der Waals surface area contributed by atoms with Crippen LogP contribution in [0.4, 0.5) is 0 Å². The molecule has 4 aromatic carbocycles. The van der Waals surface area contributed by atoms with E-state index in [2.05, 4.69) is 20.6 Å². The van der Waals surface area contributed by atoms with Crippen LogP contribution in [0.3, 0.4) is 0 Å². The maximum atomic E-state index is 16.6. The molecule has 26 heteroatoms. The monoisotopic (exact) mass is 1300 g/mol. The number of aromatic nitrogens is 2. The third-order valence-corrected chi connectivity index (χ3v) is 18.2. The number of carboxylic acids is 1. The van der Waals surface area contributed by atoms with Crippen LogP contribution in [0.2, 0.25) is 0 Å². The summed E-state index contributed by atoms with van der Waals surface area (Å²) in [4.78, 5) is 151. The van der Waals surface area contributed by atoms with Crippen molar-refractivity contribution in [3.05, 3.63) is 162 Å². The van der Waals surface area contributed by atoms with Crippen molar-refractivity contribution in [2.24, 2.45) is 16.7 Å². The molecule has 1 saturated heterocycles. The van der Waals surface area contributed by atoms with Gasteiger partial charge in [0, 0.05) is 50.9 Å². The highest BCUT2D eigenvalue weighted by Gasteiger charge is 2.79. The number of ketones is 1. The van der Waals surface area contributed by atoms with Gasteiger partial charge in [0.1, 0.15) is 53.6 Å². The highest BCUT2D eigenvalue weighted by molar-refractivity contribution is 7.99. The molecular weight excluding hydrogens is 1230 g/mol. The number of para-hydroxylation sites is 2. The quantitative estimate of drug-likeness (QED) is 0.0181. The maximum absolute atomic E-state index is 16.6. The molecule has 2 bridgehead atoms. The van der Waals surface area contributed by atoms with Crippen LogP contribution in [0, 0.1) is 16.7 Å². The van der Waals surface area contributed by atoms with Gasteiger partial charge in [0.05, 0.1) is 29.3 Å². The zero-order valence-corrected chi connectivity index (χ0v) is 52.4. The minimum Gasteiger partial charge on any atom is -0.482 e. The molecule has 12 atom stereocenters. The summed E-state index contributed by atoms with van der Waals surface area (Å²) < 4.78 is 55.4. The normalized spacial score (nSPS) is 25.1. The van der Waals surface area contributed by atoms with E-state index in [9.17, 15) is 48.6 Å². The molecule has 5 aromatic rings. The summed E-state index contributed by atoms with van der Waals surface area (Å²) in [5.41, 5.74) is -8.97. The zero-order valence-electron chi connectivity index (χ0n) is 51.6. The van der Waals surface area contributed by atoms with Gasteiger partial charge in [0.15, 0.2) is 35.9 Å². The molecule has 3 aliphatic carbocycles. The average Bonchev–Trinajstić information content (AvgIpc) is 0.669. The summed E-state index contributed by atoms with van der Waals surface area (Å²) in [5, 5.41) is 29.7. The van der Waals surface area contributed by atoms with E-state index >= 15 is 9.59 Å². The van der Waals surface area contributed by atoms with Gasteiger partial charge in [0.2, 0.25) is 17.9 Å². The van der Waals surface area contributed by atoms with Gasteiger partial charge in [-0.25, -0.2) is 29.1 Å². The van der Waals surface area contributed by atoms with Crippen molar-refractivity contribution in [1.82, 2.24) is 20.6 Å². The van der Waals surface area contributed by atoms with E-state index in [0.717, 1.165) is 25.6 Å². The molecule has 490 valence electrons. The van der Waals surface area contributed by atoms with Crippen molar-refractivity contribution >= 4 is 71.1 Å². The Morgan fingerprint density at radius 3 is 1.89 bits per heavy atom. The van der Waals surface area contributed by atoms with Gasteiger partial charge in [0.25, 0.3) is 0 Å². The Balaban J connectivity index is 1.17. The van der Waals surface area contributed by atoms with E-state index < -0.39 is 175 Å². The van der Waals surface area contributed by atoms with Crippen LogP contribution in [0.15, 0.2) is 156 Å². The number of amides is 2. The SMILES string of the molecule is CC(=O)O[C@H]1C(=O)[C@]2(C)[C@@H](OC(=O)COc3ccccc3)C[C@H]3OC[C@@]3(OC(C)=O)[C@H]2[C@H](OC(=O)c2ccccc2)[C@]2(O)C[C@H](OC(=O)[C@H](OC(=O)COc3ccccc3)[C@@H](NC(=O)[C@@H](CCC(=O)O)NC(=O)CSc3ncccn3)c3ccccc3)C(C)=C1C2(C)C. The molecule has 0 radical (unpaired) electrons. The summed E-state index contributed by atoms with van der Waals surface area (Å²) in [6.45, 7) is 5.93. The Hall–Kier alpha value is -9.53. The number of esters is 6. The van der Waals surface area contributed by atoms with Crippen LogP contribution in [0.5, 0.6) is 11.5 Å². The van der Waals surface area contributed by atoms with E-state index in [1.54, 1.807) is 91.0 Å². The van der Waals surface area contributed by atoms with E-state index in [1.807, 2.05) is 0 Å². The number of rotatable bonds is 25. The number of Topliss-reactive ketones (excluding diaryl/α,β-unsaturated/α-hetero) is 1. The molecule has 25 nitrogen and oxygen atoms in total. The summed E-state index contributed by atoms with van der Waals surface area (Å²) in [6, 6.07) is 29.8. The van der Waals surface area contributed by atoms with Crippen LogP contribution < -0.4 is 20.1 Å². The first-order valence-corrected chi connectivity index (χ1v) is 30.8. The Labute approximate surface area is 538 Å². The smallest absolute Gasteiger partial charge is 0.350 e. The van der Waals surface area contributed by atoms with Crippen molar-refractivity contribution in [1.29, 1.82) is 0 Å². The molecule has 0 spiro atoms. The summed E-state index contributed by atoms with van der Waals surface area (Å²) >= 11 is 0.929. The molecule has 1 aliphatic heterocycles. The maximum Gasteiger partial charge on any atom is 0.350 e. The topological polar surface area (TPSA) is 344 Å². The average molecular weight is 1300 g/mol. The molecule has 2 saturated carbocycles. The van der Waals surface area contributed by atoms with Crippen LogP contribution in [0.25, 0.3) is 0 Å². The highest BCUT2D eigenvalue weighted by Crippen LogP contribution is 2.65. The second-order valence-electron chi connectivity index (χ2n) is 23.5. The molecule has 2 heterocycles. The molecule has 93 heavy (non-hydrogen) atoms. The van der Waals surface area contributed by atoms with E-state index in [-0.39, 0.29) is 45.4 Å². The van der Waals surface area contributed by atoms with Crippen molar-refractivity contribution in [2.75, 3.05) is 25.6 Å². The van der Waals surface area contributed by atoms with E-state index in [0.29, 0.717) is 5.75 Å². The number of aliphatic hydroxyl groups is 1. The lowest BCUT2D eigenvalue weighted by atomic mass is 9.44. The third kappa shape index (κ3) is 14.9. The second-order valence-corrected chi connectivity index (χ2v) is 24.5. The lowest BCUT2D eigenvalue weighted by Gasteiger charge is -2.67. The first-order chi connectivity index (χ1) is 44.4. The lowest BCUT2D eigenvalue weighted by Crippen LogP contribution is -2.82. The second kappa shape index (κ2) is 29.0. The Morgan fingerprint density at radius 2 is 1.32 bits per heavy atom. The Morgan fingerprint density at radius 1 is 0.731 bits per heavy atom. The highest BCUT2D eigenvalue weighted by atomic mass is 32.2. The Kier molecular flexibility index (Phi) is 21.1. The zero-order chi connectivity index (χ0) is 66.8. The molecule has 4 N–H and O–H groups in total. The van der Waals surface area contributed by atoms with Crippen molar-refractivity contribution in [3.63, 3.8) is 0 Å². The number of hydrogen-bond acceptors (Lipinski definition) is 23. The number of thioether (sulfide) groups is 1. The van der Waals surface area contributed by atoms with Gasteiger partial charge in [-0.3, -0.25) is 28.8 Å². The summed E-state index contributed by atoms with van der Waals surface area (Å²) in [6.07, 6.45) is -10.3. The lowest BCUT2D eigenvalue weighted by molar-refractivity contribution is -0.346. The van der Waals surface area contributed by atoms with Crippen molar-refractivity contribution < 1.29 is 101 Å². The number of fused-ring (bicyclic) bond motifs is 5. The van der Waals surface area contributed by atoms with Crippen LogP contribution >= 0.6 is 11.8 Å². The van der Waals surface area contributed by atoms with Crippen LogP contribution in [-0.2, 0) is 76.3 Å². The fraction of sp³-hybridized carbons (Fsp3) is 0.403. The van der Waals surface area contributed by atoms with Gasteiger partial charge in [-0.1, -0.05) is 111 Å². The van der Waals surface area contributed by atoms with Crippen molar-refractivity contribution in [2.45, 2.75) is 132 Å². The van der Waals surface area contributed by atoms with E-state index in [1.165, 1.54) is 76.5 Å². The van der Waals surface area contributed by atoms with Gasteiger partial charge < -0.3 is 63.5 Å². The minimum absolute atomic E-state index is 0.0130. The van der Waals surface area contributed by atoms with Crippen molar-refractivity contribution in [3.8, 4) is 11.5 Å². The number of carbonyl (C=O) groups excluding carboxylic acids is 9. The number of hydrogen-bond donors (Lipinski definition) is 4. The van der Waals surface area contributed by atoms with Gasteiger partial charge >= 0.3 is 41.8 Å². The van der Waals surface area contributed by atoms with E-state index in [4.69, 9.17) is 42.6 Å². The molecule has 9 rings (SSSR count). The Bertz CT molecular complexity index is 3620. The predicted molar refractivity (Wildman–Crippen MR) is 325 cm³/mol. The standard InChI is InChI=1S/C67H70N4O21S/c1-38-46(88-62(82)56(90-52(78)35-85-44-26-17-10-18-27-44)54(41-20-11-7-12-21-41)71-60(80)45(28-29-50(75)76)70-49(74)36-93-63-68-30-19-31-69-63)33-67(83)59(91-61(81)42-22-13-8-14-23-42)57-65(6,58(79)55(87-39(2)72)53(38)64(67,4)5)47(32-48-66(57,37-86-48)92-40(3)73)89-51(77)34-84-43-24-15-9-16-25-43/h7-27,30-31,45-48,54-57,59,83H,28-29,32-37H2,1-6H3,(H,70,74)(H,71,80)(H,75,76)/t45-,46+,47+,48-,54+,55-,56-,57+,59+,65-,66+,67-/m1/s1. The first-order valence-electron chi connectivity index (χ1n) is 29.8. The fourth-order valence-corrected chi connectivity index (χ4v) is 13.4. The minimum atomic E-state index is -2.67. The molecule has 2 amide bonds. The molecule has 4 aliphatic rings. The number of carboxylic acid groups (broad SMARTS) is 1. The molecule has 1 aromatic heterocycles. The number of aliphatic carboxylic acids is 1. The first kappa shape index (κ1) is 67.9. The number of nitrogens with zero attached hydrogens (tertiary/aromatic N) is 2.